The number of rotatable bonds is 3. The van der Waals surface area contributed by atoms with Crippen LogP contribution in [0, 0.1) is 5.92 Å². The number of likely N-dealkylation sites (tertiary alicyclic amines) is 1. The van der Waals surface area contributed by atoms with Crippen molar-refractivity contribution in [3.05, 3.63) is 0 Å². The van der Waals surface area contributed by atoms with Crippen LogP contribution in [0.5, 0.6) is 0 Å². The standard InChI is InChI=1S/C15H25N3O2/c1-10(15(20)18-7-3-2-4-8-18)16-14(19)12-9-11-5-6-13(12)17-11/h10-13,17H,2-9H2,1H3,(H,16,19). The van der Waals surface area contributed by atoms with Crippen molar-refractivity contribution in [3.8, 4) is 0 Å². The number of nitrogens with zero attached hydrogens (tertiary/aromatic N) is 1. The monoisotopic (exact) mass is 279 g/mol. The Morgan fingerprint density at radius 2 is 1.95 bits per heavy atom. The van der Waals surface area contributed by atoms with E-state index in [-0.39, 0.29) is 23.8 Å². The van der Waals surface area contributed by atoms with Crippen molar-refractivity contribution < 1.29 is 9.59 Å². The average molecular weight is 279 g/mol. The largest absolute Gasteiger partial charge is 0.344 e. The van der Waals surface area contributed by atoms with Crippen LogP contribution in [0.25, 0.3) is 0 Å². The predicted octanol–water partition coefficient (Wildman–Crippen LogP) is 0.644. The van der Waals surface area contributed by atoms with Crippen LogP contribution in [0.2, 0.25) is 0 Å². The van der Waals surface area contributed by atoms with Crippen LogP contribution in [0.1, 0.15) is 45.4 Å². The molecule has 0 radical (unpaired) electrons. The summed E-state index contributed by atoms with van der Waals surface area (Å²) < 4.78 is 0. The highest BCUT2D eigenvalue weighted by atomic mass is 16.2. The second-order valence-corrected chi connectivity index (χ2v) is 6.51. The van der Waals surface area contributed by atoms with Gasteiger partial charge in [-0.1, -0.05) is 0 Å². The third kappa shape index (κ3) is 2.68. The fraction of sp³-hybridized carbons (Fsp3) is 0.867. The van der Waals surface area contributed by atoms with E-state index < -0.39 is 0 Å². The van der Waals surface area contributed by atoms with Gasteiger partial charge < -0.3 is 15.5 Å². The van der Waals surface area contributed by atoms with Crippen molar-refractivity contribution in [2.24, 2.45) is 5.92 Å². The molecule has 112 valence electrons. The number of fused-ring (bicyclic) bond motifs is 2. The zero-order valence-electron chi connectivity index (χ0n) is 12.2. The molecule has 0 spiro atoms. The van der Waals surface area contributed by atoms with Gasteiger partial charge in [0.05, 0.1) is 5.92 Å². The van der Waals surface area contributed by atoms with E-state index in [2.05, 4.69) is 10.6 Å². The summed E-state index contributed by atoms with van der Waals surface area (Å²) in [6.07, 6.45) is 6.60. The summed E-state index contributed by atoms with van der Waals surface area (Å²) in [6, 6.07) is 0.459. The fourth-order valence-electron chi connectivity index (χ4n) is 3.88. The highest BCUT2D eigenvalue weighted by Gasteiger charge is 2.43. The lowest BCUT2D eigenvalue weighted by Crippen LogP contribution is -2.50. The first kappa shape index (κ1) is 13.9. The van der Waals surface area contributed by atoms with Crippen molar-refractivity contribution in [1.29, 1.82) is 0 Å². The van der Waals surface area contributed by atoms with Gasteiger partial charge in [-0.05, 0) is 45.4 Å². The Labute approximate surface area is 120 Å². The number of hydrogen-bond acceptors (Lipinski definition) is 3. The van der Waals surface area contributed by atoms with Crippen molar-refractivity contribution in [2.45, 2.75) is 63.6 Å². The third-order valence-electron chi connectivity index (χ3n) is 5.03. The predicted molar refractivity (Wildman–Crippen MR) is 76.1 cm³/mol. The van der Waals surface area contributed by atoms with Gasteiger partial charge in [0.15, 0.2) is 0 Å². The quantitative estimate of drug-likeness (QED) is 0.797. The molecule has 3 fully saturated rings. The molecule has 3 aliphatic heterocycles. The van der Waals surface area contributed by atoms with E-state index in [1.165, 1.54) is 12.8 Å². The maximum atomic E-state index is 12.3. The minimum atomic E-state index is -0.389. The van der Waals surface area contributed by atoms with Crippen LogP contribution in [-0.4, -0.2) is 47.9 Å². The fourth-order valence-corrected chi connectivity index (χ4v) is 3.88. The van der Waals surface area contributed by atoms with Gasteiger partial charge in [0.25, 0.3) is 0 Å². The number of nitrogens with one attached hydrogen (secondary N) is 2. The Morgan fingerprint density at radius 1 is 1.20 bits per heavy atom. The molecule has 2 N–H and O–H groups in total. The van der Waals surface area contributed by atoms with E-state index in [0.717, 1.165) is 38.8 Å². The number of carbonyl (C=O) groups is 2. The van der Waals surface area contributed by atoms with E-state index >= 15 is 0 Å². The van der Waals surface area contributed by atoms with Gasteiger partial charge >= 0.3 is 0 Å². The molecule has 5 heteroatoms. The summed E-state index contributed by atoms with van der Waals surface area (Å²) in [5.74, 6) is 0.196. The van der Waals surface area contributed by atoms with Gasteiger partial charge in [-0.2, -0.15) is 0 Å². The zero-order valence-corrected chi connectivity index (χ0v) is 12.2. The molecule has 4 atom stereocenters. The summed E-state index contributed by atoms with van der Waals surface area (Å²) in [5.41, 5.74) is 0. The van der Waals surface area contributed by atoms with E-state index in [1.54, 1.807) is 0 Å². The van der Waals surface area contributed by atoms with Gasteiger partial charge in [-0.15, -0.1) is 0 Å². The summed E-state index contributed by atoms with van der Waals surface area (Å²) in [4.78, 5) is 26.5. The molecule has 4 unspecified atom stereocenters. The molecule has 3 rings (SSSR count). The molecule has 0 aromatic heterocycles. The molecule has 3 saturated heterocycles. The van der Waals surface area contributed by atoms with E-state index in [1.807, 2.05) is 11.8 Å². The van der Waals surface area contributed by atoms with Crippen molar-refractivity contribution in [3.63, 3.8) is 0 Å². The first-order valence-electron chi connectivity index (χ1n) is 8.00. The van der Waals surface area contributed by atoms with Crippen molar-refractivity contribution in [2.75, 3.05) is 13.1 Å². The van der Waals surface area contributed by atoms with Gasteiger partial charge in [0.1, 0.15) is 6.04 Å². The molecular weight excluding hydrogens is 254 g/mol. The normalized spacial score (nSPS) is 34.0. The van der Waals surface area contributed by atoms with E-state index in [9.17, 15) is 9.59 Å². The Balaban J connectivity index is 1.51. The lowest BCUT2D eigenvalue weighted by molar-refractivity contribution is -0.137. The maximum Gasteiger partial charge on any atom is 0.244 e. The molecule has 0 aromatic carbocycles. The molecule has 3 aliphatic rings. The number of amides is 2. The maximum absolute atomic E-state index is 12.3. The van der Waals surface area contributed by atoms with Crippen LogP contribution < -0.4 is 10.6 Å². The lowest BCUT2D eigenvalue weighted by Gasteiger charge is -2.30. The first-order valence-corrected chi connectivity index (χ1v) is 8.00. The minimum absolute atomic E-state index is 0.0579. The third-order valence-corrected chi connectivity index (χ3v) is 5.03. The SMILES string of the molecule is CC(NC(=O)C1CC2CCC1N2)C(=O)N1CCCCC1. The Bertz CT molecular complexity index is 393. The lowest BCUT2D eigenvalue weighted by atomic mass is 9.88. The second-order valence-electron chi connectivity index (χ2n) is 6.51. The molecule has 2 bridgehead atoms. The van der Waals surface area contributed by atoms with Gasteiger partial charge in [0.2, 0.25) is 11.8 Å². The summed E-state index contributed by atoms with van der Waals surface area (Å²) in [7, 11) is 0. The van der Waals surface area contributed by atoms with Crippen LogP contribution in [0.15, 0.2) is 0 Å². The average Bonchev–Trinajstić information content (AvgIpc) is 3.10. The summed E-state index contributed by atoms with van der Waals surface area (Å²) >= 11 is 0. The first-order chi connectivity index (χ1) is 9.65. The summed E-state index contributed by atoms with van der Waals surface area (Å²) in [6.45, 7) is 3.50. The zero-order chi connectivity index (χ0) is 14.1. The molecule has 0 saturated carbocycles. The highest BCUT2D eigenvalue weighted by molar-refractivity contribution is 5.88. The van der Waals surface area contributed by atoms with Gasteiger partial charge in [-0.25, -0.2) is 0 Å². The topological polar surface area (TPSA) is 61.4 Å². The van der Waals surface area contributed by atoms with Gasteiger partial charge in [-0.3, -0.25) is 9.59 Å². The smallest absolute Gasteiger partial charge is 0.244 e. The van der Waals surface area contributed by atoms with Crippen LogP contribution in [-0.2, 0) is 9.59 Å². The Morgan fingerprint density at radius 3 is 2.55 bits per heavy atom. The number of carbonyl (C=O) groups excluding carboxylic acids is 2. The molecule has 0 aromatic rings. The number of piperidine rings is 1. The summed E-state index contributed by atoms with van der Waals surface area (Å²) in [5, 5.41) is 6.40. The van der Waals surface area contributed by atoms with Crippen molar-refractivity contribution in [1.82, 2.24) is 15.5 Å². The molecule has 5 nitrogen and oxygen atoms in total. The van der Waals surface area contributed by atoms with Crippen LogP contribution in [0.3, 0.4) is 0 Å². The highest BCUT2D eigenvalue weighted by Crippen LogP contribution is 2.33. The van der Waals surface area contributed by atoms with Crippen LogP contribution >= 0.6 is 0 Å². The van der Waals surface area contributed by atoms with Crippen LogP contribution in [0.4, 0.5) is 0 Å². The minimum Gasteiger partial charge on any atom is -0.344 e. The van der Waals surface area contributed by atoms with Gasteiger partial charge in [0, 0.05) is 25.2 Å². The Hall–Kier alpha value is -1.10. The van der Waals surface area contributed by atoms with E-state index in [0.29, 0.717) is 12.1 Å². The van der Waals surface area contributed by atoms with Crippen molar-refractivity contribution >= 4 is 11.8 Å². The van der Waals surface area contributed by atoms with E-state index in [4.69, 9.17) is 0 Å². The second kappa shape index (κ2) is 5.72. The molecule has 3 heterocycles. The Kier molecular flexibility index (Phi) is 3.96. The molecular formula is C15H25N3O2. The molecule has 2 amide bonds. The molecule has 20 heavy (non-hydrogen) atoms. The number of hydrogen-bond donors (Lipinski definition) is 2. The molecule has 0 aliphatic carbocycles.